The van der Waals surface area contributed by atoms with Crippen LogP contribution < -0.4 is 9.46 Å². The summed E-state index contributed by atoms with van der Waals surface area (Å²) >= 11 is 0. The van der Waals surface area contributed by atoms with E-state index in [1.807, 2.05) is 30.3 Å². The van der Waals surface area contributed by atoms with Crippen molar-refractivity contribution in [2.45, 2.75) is 18.9 Å². The van der Waals surface area contributed by atoms with Crippen LogP contribution in [0, 0.1) is 11.3 Å². The molecular formula is C17H16N2O3S. The second-order valence-corrected chi connectivity index (χ2v) is 7.17. The van der Waals surface area contributed by atoms with Crippen molar-refractivity contribution >= 4 is 26.9 Å². The van der Waals surface area contributed by atoms with Crippen LogP contribution in [-0.2, 0) is 10.0 Å². The Kier molecular flexibility index (Phi) is 4.07. The number of hydrogen-bond donors (Lipinski definition) is 1. The van der Waals surface area contributed by atoms with Crippen LogP contribution in [0.1, 0.15) is 18.4 Å². The number of allylic oxidation sites excluding steroid dienone is 1. The van der Waals surface area contributed by atoms with Gasteiger partial charge >= 0.3 is 0 Å². The van der Waals surface area contributed by atoms with Gasteiger partial charge in [-0.2, -0.15) is 5.26 Å². The van der Waals surface area contributed by atoms with Crippen LogP contribution in [0.2, 0.25) is 0 Å². The zero-order chi connectivity index (χ0) is 16.4. The van der Waals surface area contributed by atoms with Gasteiger partial charge in [0.1, 0.15) is 11.8 Å². The number of hydrogen-bond acceptors (Lipinski definition) is 4. The molecule has 0 saturated heterocycles. The third-order valence-corrected chi connectivity index (χ3v) is 5.10. The number of rotatable bonds is 5. The van der Waals surface area contributed by atoms with Crippen LogP contribution >= 0.6 is 0 Å². The van der Waals surface area contributed by atoms with Crippen molar-refractivity contribution in [2.75, 3.05) is 7.11 Å². The Labute approximate surface area is 135 Å². The van der Waals surface area contributed by atoms with E-state index in [1.165, 1.54) is 6.08 Å². The summed E-state index contributed by atoms with van der Waals surface area (Å²) < 4.78 is 32.0. The number of nitrogens with zero attached hydrogens (tertiary/aromatic N) is 1. The van der Waals surface area contributed by atoms with Gasteiger partial charge in [-0.05, 0) is 53.5 Å². The van der Waals surface area contributed by atoms with E-state index in [0.29, 0.717) is 5.56 Å². The number of nitriles is 1. The van der Waals surface area contributed by atoms with Crippen LogP contribution in [-0.4, -0.2) is 21.6 Å². The maximum Gasteiger partial charge on any atom is 0.250 e. The van der Waals surface area contributed by atoms with Gasteiger partial charge in [0, 0.05) is 6.04 Å². The number of benzene rings is 2. The van der Waals surface area contributed by atoms with Crippen LogP contribution in [0.5, 0.6) is 5.75 Å². The van der Waals surface area contributed by atoms with Crippen LogP contribution in [0.3, 0.4) is 0 Å². The molecule has 118 valence electrons. The fraction of sp³-hybridized carbons (Fsp3) is 0.235. The zero-order valence-corrected chi connectivity index (χ0v) is 13.4. The quantitative estimate of drug-likeness (QED) is 0.856. The van der Waals surface area contributed by atoms with E-state index in [0.717, 1.165) is 29.4 Å². The van der Waals surface area contributed by atoms with Crippen molar-refractivity contribution in [1.82, 2.24) is 4.72 Å². The number of ether oxygens (including phenoxy) is 1. The average molecular weight is 328 g/mol. The lowest BCUT2D eigenvalue weighted by Gasteiger charge is -2.05. The predicted octanol–water partition coefficient (Wildman–Crippen LogP) is 2.79. The van der Waals surface area contributed by atoms with Crippen molar-refractivity contribution in [3.63, 3.8) is 0 Å². The molecule has 0 spiro atoms. The lowest BCUT2D eigenvalue weighted by molar-refractivity contribution is 0.415. The summed E-state index contributed by atoms with van der Waals surface area (Å²) in [6.07, 6.45) is 3.06. The minimum atomic E-state index is -3.74. The Bertz CT molecular complexity index is 922. The fourth-order valence-corrected chi connectivity index (χ4v) is 3.48. The van der Waals surface area contributed by atoms with Gasteiger partial charge in [-0.25, -0.2) is 13.1 Å². The Balaban J connectivity index is 1.96. The minimum absolute atomic E-state index is 0.0270. The molecule has 0 aromatic heterocycles. The summed E-state index contributed by atoms with van der Waals surface area (Å²) in [5.74, 6) is 0.759. The van der Waals surface area contributed by atoms with Gasteiger partial charge in [-0.1, -0.05) is 18.2 Å². The van der Waals surface area contributed by atoms with E-state index in [9.17, 15) is 13.7 Å². The summed E-state index contributed by atoms with van der Waals surface area (Å²) in [7, 11) is -2.13. The SMILES string of the molecule is COc1ccc2cc(/C=C(\C#N)S(=O)(=O)NC3CC3)ccc2c1. The van der Waals surface area contributed by atoms with E-state index < -0.39 is 10.0 Å². The first kappa shape index (κ1) is 15.5. The Morgan fingerprint density at radius 3 is 2.61 bits per heavy atom. The Morgan fingerprint density at radius 2 is 1.96 bits per heavy atom. The van der Waals surface area contributed by atoms with Gasteiger partial charge < -0.3 is 4.74 Å². The van der Waals surface area contributed by atoms with Gasteiger partial charge in [0.05, 0.1) is 7.11 Å². The number of methoxy groups -OCH3 is 1. The molecule has 0 unspecified atom stereocenters. The van der Waals surface area contributed by atoms with Crippen LogP contribution in [0.4, 0.5) is 0 Å². The Hall–Kier alpha value is -2.36. The van der Waals surface area contributed by atoms with Crippen molar-refractivity contribution in [1.29, 1.82) is 5.26 Å². The highest BCUT2D eigenvalue weighted by Crippen LogP contribution is 2.25. The molecular weight excluding hydrogens is 312 g/mol. The molecule has 6 heteroatoms. The van der Waals surface area contributed by atoms with Gasteiger partial charge in [0.2, 0.25) is 0 Å². The number of fused-ring (bicyclic) bond motifs is 1. The van der Waals surface area contributed by atoms with Crippen LogP contribution in [0.25, 0.3) is 16.8 Å². The van der Waals surface area contributed by atoms with E-state index in [-0.39, 0.29) is 10.9 Å². The first-order valence-corrected chi connectivity index (χ1v) is 8.72. The molecule has 0 radical (unpaired) electrons. The van der Waals surface area contributed by atoms with Gasteiger partial charge in [-0.3, -0.25) is 0 Å². The van der Waals surface area contributed by atoms with E-state index in [4.69, 9.17) is 4.74 Å². The molecule has 0 atom stereocenters. The molecule has 0 heterocycles. The highest BCUT2D eigenvalue weighted by atomic mass is 32.2. The van der Waals surface area contributed by atoms with Gasteiger partial charge in [0.15, 0.2) is 4.91 Å². The molecule has 1 aliphatic rings. The topological polar surface area (TPSA) is 79.2 Å². The molecule has 3 rings (SSSR count). The fourth-order valence-electron chi connectivity index (χ4n) is 2.26. The maximum absolute atomic E-state index is 12.1. The number of sulfonamides is 1. The zero-order valence-electron chi connectivity index (χ0n) is 12.6. The lowest BCUT2D eigenvalue weighted by atomic mass is 10.1. The third kappa shape index (κ3) is 3.52. The maximum atomic E-state index is 12.1. The molecule has 23 heavy (non-hydrogen) atoms. The third-order valence-electron chi connectivity index (χ3n) is 3.67. The Morgan fingerprint density at radius 1 is 1.26 bits per heavy atom. The molecule has 5 nitrogen and oxygen atoms in total. The van der Waals surface area contributed by atoms with Crippen molar-refractivity contribution < 1.29 is 13.2 Å². The highest BCUT2D eigenvalue weighted by molar-refractivity contribution is 7.93. The average Bonchev–Trinajstić information content (AvgIpc) is 3.34. The normalized spacial score (nSPS) is 15.4. The van der Waals surface area contributed by atoms with Crippen LogP contribution in [0.15, 0.2) is 41.3 Å². The standard InChI is InChI=1S/C17H16N2O3S/c1-22-16-7-4-13-8-12(2-3-14(13)10-16)9-17(11-18)23(20,21)19-15-5-6-15/h2-4,7-10,15,19H,5-6H2,1H3/b17-9+. The molecule has 0 bridgehead atoms. The number of nitrogens with one attached hydrogen (secondary N) is 1. The molecule has 1 fully saturated rings. The molecule has 0 aliphatic heterocycles. The summed E-state index contributed by atoms with van der Waals surface area (Å²) in [4.78, 5) is -0.266. The first-order valence-electron chi connectivity index (χ1n) is 7.24. The molecule has 0 amide bonds. The summed E-state index contributed by atoms with van der Waals surface area (Å²) in [5, 5.41) is 11.1. The molecule has 2 aromatic carbocycles. The smallest absolute Gasteiger partial charge is 0.250 e. The summed E-state index contributed by atoms with van der Waals surface area (Å²) in [6.45, 7) is 0. The second-order valence-electron chi connectivity index (χ2n) is 5.49. The molecule has 1 aliphatic carbocycles. The van der Waals surface area contributed by atoms with Gasteiger partial charge in [0.25, 0.3) is 10.0 Å². The first-order chi connectivity index (χ1) is 11.0. The van der Waals surface area contributed by atoms with Crippen molar-refractivity contribution in [2.24, 2.45) is 0 Å². The highest BCUT2D eigenvalue weighted by Gasteiger charge is 2.29. The second kappa shape index (κ2) is 6.03. The molecule has 1 saturated carbocycles. The van der Waals surface area contributed by atoms with Crippen molar-refractivity contribution in [3.05, 3.63) is 46.9 Å². The monoisotopic (exact) mass is 328 g/mol. The molecule has 2 aromatic rings. The largest absolute Gasteiger partial charge is 0.497 e. The minimum Gasteiger partial charge on any atom is -0.497 e. The van der Waals surface area contributed by atoms with Crippen molar-refractivity contribution in [3.8, 4) is 11.8 Å². The van der Waals surface area contributed by atoms with E-state index in [1.54, 1.807) is 19.2 Å². The van der Waals surface area contributed by atoms with Gasteiger partial charge in [-0.15, -0.1) is 0 Å². The van der Waals surface area contributed by atoms with E-state index in [2.05, 4.69) is 4.72 Å². The summed E-state index contributed by atoms with van der Waals surface area (Å²) in [6, 6.07) is 12.9. The molecule has 1 N–H and O–H groups in total. The summed E-state index contributed by atoms with van der Waals surface area (Å²) in [5.41, 5.74) is 0.667. The van der Waals surface area contributed by atoms with E-state index >= 15 is 0 Å². The predicted molar refractivity (Wildman–Crippen MR) is 89.2 cm³/mol. The lowest BCUT2D eigenvalue weighted by Crippen LogP contribution is -2.26.